The van der Waals surface area contributed by atoms with Gasteiger partial charge in [-0.1, -0.05) is 77.8 Å². The van der Waals surface area contributed by atoms with E-state index in [0.29, 0.717) is 6.61 Å². The van der Waals surface area contributed by atoms with Gasteiger partial charge in [0.1, 0.15) is 12.4 Å². The van der Waals surface area contributed by atoms with Crippen LogP contribution in [-0.2, 0) is 8.85 Å². The molecule has 5 heteroatoms. The highest BCUT2D eigenvalue weighted by Gasteiger charge is 2.41. The zero-order valence-corrected chi connectivity index (χ0v) is 25.7. The molecular weight excluding hydrogens is 464 g/mol. The molecule has 0 amide bonds. The lowest BCUT2D eigenvalue weighted by molar-refractivity contribution is 0.153. The highest BCUT2D eigenvalue weighted by Crippen LogP contribution is 2.42. The molecule has 1 aliphatic rings. The van der Waals surface area contributed by atoms with Crippen molar-refractivity contribution in [2.24, 2.45) is 5.92 Å². The fourth-order valence-corrected chi connectivity index (χ4v) is 8.16. The lowest BCUT2D eigenvalue weighted by atomic mass is 10.0. The zero-order valence-electron chi connectivity index (χ0n) is 23.7. The number of rotatable bonds is 12. The predicted molar refractivity (Wildman–Crippen MR) is 155 cm³/mol. The Hall–Kier alpha value is -1.75. The normalized spacial score (nSPS) is 17.9. The average molecular weight is 513 g/mol. The minimum absolute atomic E-state index is 0.0667. The van der Waals surface area contributed by atoms with E-state index < -0.39 is 16.6 Å². The van der Waals surface area contributed by atoms with Crippen molar-refractivity contribution in [2.75, 3.05) is 6.61 Å². The molecule has 0 spiro atoms. The van der Waals surface area contributed by atoms with Gasteiger partial charge in [0.15, 0.2) is 8.32 Å². The van der Waals surface area contributed by atoms with E-state index in [0.717, 1.165) is 48.1 Å². The maximum absolute atomic E-state index is 6.87. The van der Waals surface area contributed by atoms with E-state index in [-0.39, 0.29) is 17.1 Å². The molecule has 3 nitrogen and oxygen atoms in total. The average Bonchev–Trinajstić information content (AvgIpc) is 3.19. The summed E-state index contributed by atoms with van der Waals surface area (Å²) in [5, 5.41) is 0.167. The van der Waals surface area contributed by atoms with E-state index in [1.807, 2.05) is 37.3 Å². The van der Waals surface area contributed by atoms with Crippen molar-refractivity contribution >= 4 is 16.6 Å². The Kier molecular flexibility index (Phi) is 10.9. The minimum atomic E-state index is -1.90. The SMILES string of the molecule is CC#CC1=C(O[Si](C)(C)C(C)(C)C)CCC1C=CC(COc1ccccc1)O[Si](CC)(CC)CC. The Morgan fingerprint density at radius 2 is 1.69 bits per heavy atom. The Morgan fingerprint density at radius 1 is 1.06 bits per heavy atom. The number of hydrogen-bond acceptors (Lipinski definition) is 3. The molecule has 0 aromatic heterocycles. The third-order valence-corrected chi connectivity index (χ3v) is 16.9. The van der Waals surface area contributed by atoms with Crippen LogP contribution in [0.4, 0.5) is 0 Å². The van der Waals surface area contributed by atoms with Gasteiger partial charge in [0.05, 0.1) is 11.9 Å². The summed E-state index contributed by atoms with van der Waals surface area (Å²) in [7, 11) is -3.68. The smallest absolute Gasteiger partial charge is 0.250 e. The van der Waals surface area contributed by atoms with Gasteiger partial charge in [0.2, 0.25) is 8.32 Å². The molecule has 35 heavy (non-hydrogen) atoms. The second kappa shape index (κ2) is 13.0. The highest BCUT2D eigenvalue weighted by molar-refractivity contribution is 6.74. The first kappa shape index (κ1) is 29.5. The van der Waals surface area contributed by atoms with Crippen molar-refractivity contribution in [3.8, 4) is 17.6 Å². The van der Waals surface area contributed by atoms with Gasteiger partial charge in [0, 0.05) is 17.9 Å². The molecule has 1 aliphatic carbocycles. The standard InChI is InChI=1S/C30H48O3Si2/c1-10-17-28-25(21-23-29(28)33-34(8,9)30(5,6)7)20-22-27(32-35(11-2,12-3)13-4)24-31-26-18-15-14-16-19-26/h14-16,18-20,22,25,27H,11-13,21,23-24H2,1-9H3. The van der Waals surface area contributed by atoms with Crippen molar-refractivity contribution in [1.82, 2.24) is 0 Å². The van der Waals surface area contributed by atoms with Crippen LogP contribution in [0.3, 0.4) is 0 Å². The molecule has 0 saturated carbocycles. The van der Waals surface area contributed by atoms with Crippen LogP contribution in [0.15, 0.2) is 53.8 Å². The molecule has 0 saturated heterocycles. The molecule has 194 valence electrons. The van der Waals surface area contributed by atoms with Gasteiger partial charge < -0.3 is 13.6 Å². The first-order valence-corrected chi connectivity index (χ1v) is 18.8. The third kappa shape index (κ3) is 8.13. The van der Waals surface area contributed by atoms with Crippen LogP contribution < -0.4 is 4.74 Å². The van der Waals surface area contributed by atoms with Crippen molar-refractivity contribution in [2.45, 2.75) is 104 Å². The van der Waals surface area contributed by atoms with Crippen molar-refractivity contribution in [1.29, 1.82) is 0 Å². The molecule has 0 fully saturated rings. The lowest BCUT2D eigenvalue weighted by Gasteiger charge is -2.37. The zero-order chi connectivity index (χ0) is 26.1. The van der Waals surface area contributed by atoms with E-state index in [1.165, 1.54) is 0 Å². The Labute approximate surface area is 217 Å². The van der Waals surface area contributed by atoms with Gasteiger partial charge in [0.25, 0.3) is 0 Å². The van der Waals surface area contributed by atoms with Gasteiger partial charge >= 0.3 is 0 Å². The predicted octanol–water partition coefficient (Wildman–Crippen LogP) is 8.72. The van der Waals surface area contributed by atoms with E-state index in [4.69, 9.17) is 13.6 Å². The van der Waals surface area contributed by atoms with Crippen LogP contribution in [0, 0.1) is 17.8 Å². The Morgan fingerprint density at radius 3 is 2.23 bits per heavy atom. The molecule has 2 rings (SSSR count). The number of hydrogen-bond donors (Lipinski definition) is 0. The van der Waals surface area contributed by atoms with Crippen LogP contribution in [0.25, 0.3) is 0 Å². The second-order valence-electron chi connectivity index (χ2n) is 11.1. The van der Waals surface area contributed by atoms with Crippen molar-refractivity contribution in [3.63, 3.8) is 0 Å². The molecule has 0 N–H and O–H groups in total. The van der Waals surface area contributed by atoms with E-state index >= 15 is 0 Å². The van der Waals surface area contributed by atoms with Gasteiger partial charge in [-0.2, -0.15) is 0 Å². The Bertz CT molecular complexity index is 904. The van der Waals surface area contributed by atoms with Crippen LogP contribution in [0.5, 0.6) is 5.75 Å². The molecule has 0 radical (unpaired) electrons. The summed E-state index contributed by atoms with van der Waals surface area (Å²) in [6.07, 6.45) is 6.47. The maximum atomic E-state index is 6.87. The lowest BCUT2D eigenvalue weighted by Crippen LogP contribution is -2.41. The summed E-state index contributed by atoms with van der Waals surface area (Å²) < 4.78 is 19.8. The fourth-order valence-electron chi connectivity index (χ4n) is 4.23. The fraction of sp³-hybridized carbons (Fsp3) is 0.600. The van der Waals surface area contributed by atoms with E-state index in [1.54, 1.807) is 0 Å². The number of para-hydroxylation sites is 1. The highest BCUT2D eigenvalue weighted by atomic mass is 28.4. The minimum Gasteiger partial charge on any atom is -0.546 e. The molecular formula is C30H48O3Si2. The van der Waals surface area contributed by atoms with Gasteiger partial charge in [-0.25, -0.2) is 0 Å². The largest absolute Gasteiger partial charge is 0.546 e. The number of benzene rings is 1. The first-order valence-electron chi connectivity index (χ1n) is 13.4. The number of allylic oxidation sites excluding steroid dienone is 3. The van der Waals surface area contributed by atoms with Crippen molar-refractivity contribution in [3.05, 3.63) is 53.8 Å². The van der Waals surface area contributed by atoms with Crippen LogP contribution in [0.1, 0.15) is 61.3 Å². The van der Waals surface area contributed by atoms with Gasteiger partial charge in [-0.15, -0.1) is 5.92 Å². The monoisotopic (exact) mass is 512 g/mol. The third-order valence-electron chi connectivity index (χ3n) is 7.85. The molecule has 1 aromatic carbocycles. The first-order chi connectivity index (χ1) is 16.5. The Balaban J connectivity index is 2.28. The molecule has 0 aliphatic heterocycles. The topological polar surface area (TPSA) is 27.7 Å². The maximum Gasteiger partial charge on any atom is 0.250 e. The molecule has 0 bridgehead atoms. The van der Waals surface area contributed by atoms with Crippen LogP contribution in [-0.4, -0.2) is 29.3 Å². The quantitative estimate of drug-likeness (QED) is 0.159. The summed E-state index contributed by atoms with van der Waals surface area (Å²) in [5.74, 6) is 8.80. The molecule has 2 unspecified atom stereocenters. The van der Waals surface area contributed by atoms with Gasteiger partial charge in [-0.3, -0.25) is 0 Å². The summed E-state index contributed by atoms with van der Waals surface area (Å²) >= 11 is 0. The summed E-state index contributed by atoms with van der Waals surface area (Å²) in [6.45, 7) is 20.8. The summed E-state index contributed by atoms with van der Waals surface area (Å²) in [4.78, 5) is 0. The summed E-state index contributed by atoms with van der Waals surface area (Å²) in [6, 6.07) is 13.4. The molecule has 0 heterocycles. The summed E-state index contributed by atoms with van der Waals surface area (Å²) in [5.41, 5.74) is 1.15. The molecule has 1 aromatic rings. The van der Waals surface area contributed by atoms with Crippen LogP contribution >= 0.6 is 0 Å². The van der Waals surface area contributed by atoms with E-state index in [2.05, 4.69) is 78.6 Å². The van der Waals surface area contributed by atoms with Crippen LogP contribution in [0.2, 0.25) is 36.3 Å². The van der Waals surface area contributed by atoms with E-state index in [9.17, 15) is 0 Å². The van der Waals surface area contributed by atoms with Gasteiger partial charge in [-0.05, 0) is 61.7 Å². The number of ether oxygens (including phenoxy) is 1. The van der Waals surface area contributed by atoms with Crippen molar-refractivity contribution < 1.29 is 13.6 Å². The molecule has 2 atom stereocenters. The second-order valence-corrected chi connectivity index (χ2v) is 20.6.